The molecule has 9 nitrogen and oxygen atoms in total. The van der Waals surface area contributed by atoms with Crippen LogP contribution in [0, 0.1) is 10.1 Å². The monoisotopic (exact) mass is 560 g/mol. The average molecular weight is 561 g/mol. The van der Waals surface area contributed by atoms with Crippen LogP contribution in [0.5, 0.6) is 0 Å². The Morgan fingerprint density at radius 1 is 1.05 bits per heavy atom. The van der Waals surface area contributed by atoms with E-state index in [0.717, 1.165) is 5.56 Å². The Labute approximate surface area is 231 Å². The van der Waals surface area contributed by atoms with Crippen molar-refractivity contribution < 1.29 is 4.33 Å². The summed E-state index contributed by atoms with van der Waals surface area (Å²) < 4.78 is 1.33. The quantitative estimate of drug-likeness (QED) is 0.184. The summed E-state index contributed by atoms with van der Waals surface area (Å²) in [5, 5.41) is 15.8. The minimum absolute atomic E-state index is 0.227. The molecule has 1 atom stereocenters. The number of anilines is 1. The number of halogens is 1. The molecule has 39 heavy (non-hydrogen) atoms. The number of rotatable bonds is 7. The number of para-hydroxylation sites is 1. The second kappa shape index (κ2) is 10.5. The first-order valence-corrected chi connectivity index (χ1v) is 14.8. The summed E-state index contributed by atoms with van der Waals surface area (Å²) in [4.78, 5) is 39.6. The fourth-order valence-electron chi connectivity index (χ4n) is 4.31. The number of nitrogens with one attached hydrogen (secondary N) is 1. The third kappa shape index (κ3) is 4.96. The maximum absolute atomic E-state index is 13.7. The smallest absolute Gasteiger partial charge is 0.267 e. The van der Waals surface area contributed by atoms with Crippen molar-refractivity contribution in [3.8, 4) is 16.8 Å². The molecular weight excluding hydrogens is 536 g/mol. The molecule has 0 amide bonds. The van der Waals surface area contributed by atoms with Crippen molar-refractivity contribution in [2.24, 2.45) is 0 Å². The topological polar surface area (TPSA) is 116 Å². The van der Waals surface area contributed by atoms with E-state index in [1.54, 1.807) is 53.6 Å². The summed E-state index contributed by atoms with van der Waals surface area (Å²) in [7, 11) is -2.25. The number of fused-ring (bicyclic) bond motifs is 1. The standard InChI is InChI=1S/C28H25ClN6O3S/c1-18(27-33-24-14-8-13-23(29)25(24)28(36)34(27)20-10-5-4-6-11-20)32-26-22(16-30-17-31-26)19-9-7-12-21(15-19)39(2,3)35(37)38/h4-18H,1-3H3,(H,30,31,32)/t18-/m0/s1. The molecule has 0 bridgehead atoms. The van der Waals surface area contributed by atoms with Gasteiger partial charge in [-0.15, -0.1) is 0 Å². The Morgan fingerprint density at radius 2 is 1.79 bits per heavy atom. The normalized spacial score (nSPS) is 12.7. The lowest BCUT2D eigenvalue weighted by Crippen LogP contribution is -2.27. The highest BCUT2D eigenvalue weighted by Gasteiger charge is 2.27. The second-order valence-electron chi connectivity index (χ2n) is 9.26. The number of hydrogen-bond acceptors (Lipinski definition) is 7. The number of hydrogen-bond donors (Lipinski definition) is 1. The van der Waals surface area contributed by atoms with Crippen molar-refractivity contribution in [3.05, 3.63) is 117 Å². The van der Waals surface area contributed by atoms with Crippen LogP contribution in [0.15, 0.2) is 95.0 Å². The van der Waals surface area contributed by atoms with Gasteiger partial charge in [-0.1, -0.05) is 48.0 Å². The molecular formula is C28H25ClN6O3S. The number of nitro groups is 1. The van der Waals surface area contributed by atoms with Gasteiger partial charge >= 0.3 is 0 Å². The molecule has 2 aromatic heterocycles. The largest absolute Gasteiger partial charge is 0.360 e. The predicted octanol–water partition coefficient (Wildman–Crippen LogP) is 6.28. The molecule has 3 aromatic carbocycles. The van der Waals surface area contributed by atoms with Crippen molar-refractivity contribution in [3.63, 3.8) is 0 Å². The van der Waals surface area contributed by atoms with Gasteiger partial charge in [-0.25, -0.2) is 15.0 Å². The summed E-state index contributed by atoms with van der Waals surface area (Å²) in [6, 6.07) is 21.2. The fourth-order valence-corrected chi connectivity index (χ4v) is 5.56. The zero-order valence-corrected chi connectivity index (χ0v) is 23.0. The number of nitrogens with zero attached hydrogens (tertiary/aromatic N) is 5. The molecule has 0 radical (unpaired) electrons. The second-order valence-corrected chi connectivity index (χ2v) is 13.0. The predicted molar refractivity (Wildman–Crippen MR) is 157 cm³/mol. The molecule has 0 saturated carbocycles. The minimum atomic E-state index is -2.25. The summed E-state index contributed by atoms with van der Waals surface area (Å²) in [5.74, 6) is 0.974. The summed E-state index contributed by atoms with van der Waals surface area (Å²) in [6.45, 7) is 1.89. The van der Waals surface area contributed by atoms with Crippen molar-refractivity contribution in [1.82, 2.24) is 19.5 Å². The molecule has 1 N–H and O–H groups in total. The van der Waals surface area contributed by atoms with Crippen LogP contribution in [0.25, 0.3) is 27.7 Å². The van der Waals surface area contributed by atoms with E-state index in [9.17, 15) is 14.9 Å². The molecule has 0 aliphatic rings. The fraction of sp³-hybridized carbons (Fsp3) is 0.143. The summed E-state index contributed by atoms with van der Waals surface area (Å²) in [5.41, 5.74) is 2.28. The van der Waals surface area contributed by atoms with E-state index in [0.29, 0.717) is 43.7 Å². The third-order valence-corrected chi connectivity index (χ3v) is 8.90. The highest BCUT2D eigenvalue weighted by Crippen LogP contribution is 2.50. The molecule has 198 valence electrons. The van der Waals surface area contributed by atoms with Crippen LogP contribution >= 0.6 is 21.8 Å². The van der Waals surface area contributed by atoms with E-state index in [4.69, 9.17) is 16.6 Å². The van der Waals surface area contributed by atoms with Gasteiger partial charge in [0.1, 0.15) is 18.0 Å². The van der Waals surface area contributed by atoms with Crippen LogP contribution in [-0.4, -0.2) is 36.4 Å². The lowest BCUT2D eigenvalue weighted by atomic mass is 10.1. The Balaban J connectivity index is 1.61. The SMILES string of the molecule is C[C@H](Nc1ncncc1-c1cccc(S(C)(C)[N+](=O)[O-])c1)c1nc2cccc(Cl)c2c(=O)n1-c1ccccc1. The average Bonchev–Trinajstić information content (AvgIpc) is 2.93. The van der Waals surface area contributed by atoms with Gasteiger partial charge in [0.15, 0.2) is 0 Å². The van der Waals surface area contributed by atoms with Crippen LogP contribution < -0.4 is 10.9 Å². The van der Waals surface area contributed by atoms with E-state index in [2.05, 4.69) is 15.3 Å². The molecule has 0 saturated heterocycles. The lowest BCUT2D eigenvalue weighted by molar-refractivity contribution is -0.295. The van der Waals surface area contributed by atoms with Gasteiger partial charge in [0.05, 0.1) is 36.9 Å². The first kappa shape index (κ1) is 26.3. The summed E-state index contributed by atoms with van der Waals surface area (Å²) in [6.07, 6.45) is 6.38. The highest BCUT2D eigenvalue weighted by atomic mass is 35.5. The van der Waals surface area contributed by atoms with Gasteiger partial charge in [-0.05, 0) is 48.9 Å². The first-order valence-electron chi connectivity index (χ1n) is 12.0. The Kier molecular flexibility index (Phi) is 7.07. The van der Waals surface area contributed by atoms with Gasteiger partial charge in [-0.3, -0.25) is 19.5 Å². The molecule has 0 aliphatic heterocycles. The van der Waals surface area contributed by atoms with Crippen molar-refractivity contribution >= 4 is 38.5 Å². The maximum atomic E-state index is 13.7. The maximum Gasteiger partial charge on any atom is 0.267 e. The van der Waals surface area contributed by atoms with Crippen molar-refractivity contribution in [2.75, 3.05) is 17.8 Å². The molecule has 0 unspecified atom stereocenters. The van der Waals surface area contributed by atoms with E-state index in [-0.39, 0.29) is 9.89 Å². The van der Waals surface area contributed by atoms with Crippen LogP contribution in [0.4, 0.5) is 5.82 Å². The molecule has 2 heterocycles. The summed E-state index contributed by atoms with van der Waals surface area (Å²) >= 11 is 6.41. The van der Waals surface area contributed by atoms with Crippen LogP contribution in [0.1, 0.15) is 18.8 Å². The van der Waals surface area contributed by atoms with Crippen LogP contribution in [-0.2, 0) is 0 Å². The third-order valence-electron chi connectivity index (χ3n) is 6.43. The van der Waals surface area contributed by atoms with Crippen molar-refractivity contribution in [2.45, 2.75) is 17.9 Å². The zero-order chi connectivity index (χ0) is 27.7. The van der Waals surface area contributed by atoms with Gasteiger partial charge in [0, 0.05) is 34.5 Å². The Morgan fingerprint density at radius 3 is 2.54 bits per heavy atom. The molecule has 5 rings (SSSR count). The molecule has 0 aliphatic carbocycles. The molecule has 5 aromatic rings. The zero-order valence-electron chi connectivity index (χ0n) is 21.4. The van der Waals surface area contributed by atoms with Gasteiger partial charge < -0.3 is 5.32 Å². The Bertz CT molecular complexity index is 1760. The first-order chi connectivity index (χ1) is 18.7. The van der Waals surface area contributed by atoms with E-state index < -0.39 is 16.3 Å². The Hall–Kier alpha value is -4.28. The number of benzene rings is 3. The van der Waals surface area contributed by atoms with Crippen molar-refractivity contribution in [1.29, 1.82) is 0 Å². The molecule has 0 spiro atoms. The highest BCUT2D eigenvalue weighted by molar-refractivity contribution is 8.27. The van der Waals surface area contributed by atoms with Crippen LogP contribution in [0.2, 0.25) is 5.02 Å². The van der Waals surface area contributed by atoms with E-state index in [1.165, 1.54) is 6.33 Å². The van der Waals surface area contributed by atoms with Gasteiger partial charge in [0.25, 0.3) is 5.56 Å². The minimum Gasteiger partial charge on any atom is -0.360 e. The molecule has 0 fully saturated rings. The van der Waals surface area contributed by atoms with Gasteiger partial charge in [-0.2, -0.15) is 0 Å². The van der Waals surface area contributed by atoms with Gasteiger partial charge in [0.2, 0.25) is 0 Å². The van der Waals surface area contributed by atoms with E-state index in [1.807, 2.05) is 49.4 Å². The number of aromatic nitrogens is 4. The van der Waals surface area contributed by atoms with Crippen LogP contribution in [0.3, 0.4) is 0 Å². The molecule has 11 heteroatoms. The lowest BCUT2D eigenvalue weighted by Gasteiger charge is -2.23. The van der Waals surface area contributed by atoms with E-state index >= 15 is 0 Å².